The van der Waals surface area contributed by atoms with Crippen molar-refractivity contribution in [2.75, 3.05) is 0 Å². The van der Waals surface area contributed by atoms with E-state index in [4.69, 9.17) is 4.74 Å². The molecule has 0 spiro atoms. The van der Waals surface area contributed by atoms with Crippen LogP contribution < -0.4 is 4.74 Å². The summed E-state index contributed by atoms with van der Waals surface area (Å²) in [5, 5.41) is 0. The Morgan fingerprint density at radius 1 is 0.792 bits per heavy atom. The first-order chi connectivity index (χ1) is 11.6. The van der Waals surface area contributed by atoms with Crippen molar-refractivity contribution in [3.05, 3.63) is 89.5 Å². The summed E-state index contributed by atoms with van der Waals surface area (Å²) in [6.07, 6.45) is 0. The first-order valence-corrected chi connectivity index (χ1v) is 8.01. The van der Waals surface area contributed by atoms with E-state index in [2.05, 4.69) is 31.2 Å². The van der Waals surface area contributed by atoms with E-state index in [-0.39, 0.29) is 5.78 Å². The molecule has 0 aliphatic carbocycles. The molecule has 2 nitrogen and oxygen atoms in total. The molecule has 0 N–H and O–H groups in total. The number of aryl methyl sites for hydroxylation is 1. The van der Waals surface area contributed by atoms with Gasteiger partial charge < -0.3 is 4.74 Å². The minimum Gasteiger partial charge on any atom is -0.489 e. The van der Waals surface area contributed by atoms with Crippen LogP contribution in [0.3, 0.4) is 0 Å². The monoisotopic (exact) mass is 316 g/mol. The van der Waals surface area contributed by atoms with E-state index in [1.807, 2.05) is 48.5 Å². The molecule has 0 amide bonds. The SMILES string of the molecule is CC(=O)c1ccc(-c2ccc(OCc3ccc(C)cc3)cc2)cc1. The Morgan fingerprint density at radius 3 is 1.88 bits per heavy atom. The number of rotatable bonds is 5. The Hall–Kier alpha value is -2.87. The number of carbonyl (C=O) groups is 1. The molecule has 3 aromatic rings. The second kappa shape index (κ2) is 7.14. The van der Waals surface area contributed by atoms with Gasteiger partial charge in [-0.3, -0.25) is 4.79 Å². The third-order valence-corrected chi connectivity index (χ3v) is 4.01. The zero-order valence-electron chi connectivity index (χ0n) is 14.0. The lowest BCUT2D eigenvalue weighted by Gasteiger charge is -2.08. The van der Waals surface area contributed by atoms with Gasteiger partial charge in [-0.15, -0.1) is 0 Å². The Kier molecular flexibility index (Phi) is 4.76. The molecular weight excluding hydrogens is 296 g/mol. The molecular formula is C22H20O2. The van der Waals surface area contributed by atoms with Crippen molar-refractivity contribution in [3.63, 3.8) is 0 Å². The predicted octanol–water partition coefficient (Wildman–Crippen LogP) is 5.44. The Bertz CT molecular complexity index is 813. The van der Waals surface area contributed by atoms with Crippen molar-refractivity contribution in [3.8, 4) is 16.9 Å². The van der Waals surface area contributed by atoms with E-state index in [1.165, 1.54) is 5.56 Å². The average molecular weight is 316 g/mol. The summed E-state index contributed by atoms with van der Waals surface area (Å²) >= 11 is 0. The van der Waals surface area contributed by atoms with Crippen LogP contribution in [0, 0.1) is 6.92 Å². The van der Waals surface area contributed by atoms with Gasteiger partial charge in [0.25, 0.3) is 0 Å². The molecule has 0 fully saturated rings. The normalized spacial score (nSPS) is 10.4. The molecule has 2 heteroatoms. The number of hydrogen-bond acceptors (Lipinski definition) is 2. The summed E-state index contributed by atoms with van der Waals surface area (Å²) in [7, 11) is 0. The molecule has 0 unspecified atom stereocenters. The molecule has 0 heterocycles. The molecule has 3 rings (SSSR count). The number of benzene rings is 3. The minimum atomic E-state index is 0.0846. The molecule has 0 saturated carbocycles. The summed E-state index contributed by atoms with van der Waals surface area (Å²) < 4.78 is 5.83. The quantitative estimate of drug-likeness (QED) is 0.586. The second-order valence-electron chi connectivity index (χ2n) is 5.93. The van der Waals surface area contributed by atoms with Crippen molar-refractivity contribution in [2.24, 2.45) is 0 Å². The van der Waals surface area contributed by atoms with E-state index < -0.39 is 0 Å². The lowest BCUT2D eigenvalue weighted by molar-refractivity contribution is 0.101. The van der Waals surface area contributed by atoms with E-state index in [0.717, 1.165) is 28.0 Å². The van der Waals surface area contributed by atoms with Crippen LogP contribution in [-0.4, -0.2) is 5.78 Å². The molecule has 0 aliphatic rings. The topological polar surface area (TPSA) is 26.3 Å². The fourth-order valence-corrected chi connectivity index (χ4v) is 2.49. The highest BCUT2D eigenvalue weighted by Crippen LogP contribution is 2.23. The van der Waals surface area contributed by atoms with Gasteiger partial charge in [0.2, 0.25) is 0 Å². The molecule has 0 bridgehead atoms. The summed E-state index contributed by atoms with van der Waals surface area (Å²) in [6.45, 7) is 4.22. The highest BCUT2D eigenvalue weighted by molar-refractivity contribution is 5.94. The second-order valence-corrected chi connectivity index (χ2v) is 5.93. The molecule has 120 valence electrons. The first-order valence-electron chi connectivity index (χ1n) is 8.01. The standard InChI is InChI=1S/C22H20O2/c1-16-3-5-18(6-4-16)15-24-22-13-11-21(12-14-22)20-9-7-19(8-10-20)17(2)23/h3-14H,15H2,1-2H3. The van der Waals surface area contributed by atoms with Gasteiger partial charge >= 0.3 is 0 Å². The van der Waals surface area contributed by atoms with Crippen LogP contribution in [0.5, 0.6) is 5.75 Å². The highest BCUT2D eigenvalue weighted by atomic mass is 16.5. The average Bonchev–Trinajstić information content (AvgIpc) is 2.62. The van der Waals surface area contributed by atoms with Crippen LogP contribution in [0.1, 0.15) is 28.4 Å². The number of Topliss-reactive ketones (excluding diaryl/α,β-unsaturated/α-hetero) is 1. The van der Waals surface area contributed by atoms with Gasteiger partial charge in [0.05, 0.1) is 0 Å². The van der Waals surface area contributed by atoms with Crippen molar-refractivity contribution < 1.29 is 9.53 Å². The molecule has 3 aromatic carbocycles. The maximum atomic E-state index is 11.3. The van der Waals surface area contributed by atoms with Gasteiger partial charge in [-0.05, 0) is 42.7 Å². The van der Waals surface area contributed by atoms with Crippen LogP contribution in [-0.2, 0) is 6.61 Å². The minimum absolute atomic E-state index is 0.0846. The van der Waals surface area contributed by atoms with Gasteiger partial charge in [-0.2, -0.15) is 0 Å². The summed E-state index contributed by atoms with van der Waals surface area (Å²) in [5.74, 6) is 0.932. The highest BCUT2D eigenvalue weighted by Gasteiger charge is 2.02. The summed E-state index contributed by atoms with van der Waals surface area (Å²) in [4.78, 5) is 11.3. The Balaban J connectivity index is 1.66. The van der Waals surface area contributed by atoms with Gasteiger partial charge in [0.15, 0.2) is 5.78 Å². The van der Waals surface area contributed by atoms with Gasteiger partial charge in [0.1, 0.15) is 12.4 Å². The van der Waals surface area contributed by atoms with E-state index >= 15 is 0 Å². The van der Waals surface area contributed by atoms with Crippen LogP contribution in [0.4, 0.5) is 0 Å². The van der Waals surface area contributed by atoms with Crippen molar-refractivity contribution in [1.82, 2.24) is 0 Å². The Morgan fingerprint density at radius 2 is 1.33 bits per heavy atom. The molecule has 0 atom stereocenters. The van der Waals surface area contributed by atoms with Crippen molar-refractivity contribution in [1.29, 1.82) is 0 Å². The van der Waals surface area contributed by atoms with Gasteiger partial charge in [-0.1, -0.05) is 66.2 Å². The molecule has 24 heavy (non-hydrogen) atoms. The first kappa shape index (κ1) is 16.0. The third-order valence-electron chi connectivity index (χ3n) is 4.01. The van der Waals surface area contributed by atoms with Crippen LogP contribution in [0.2, 0.25) is 0 Å². The largest absolute Gasteiger partial charge is 0.489 e. The van der Waals surface area contributed by atoms with E-state index in [1.54, 1.807) is 6.92 Å². The lowest BCUT2D eigenvalue weighted by Crippen LogP contribution is -1.95. The number of carbonyl (C=O) groups excluding carboxylic acids is 1. The van der Waals surface area contributed by atoms with E-state index in [9.17, 15) is 4.79 Å². The fraction of sp³-hybridized carbons (Fsp3) is 0.136. The van der Waals surface area contributed by atoms with Crippen LogP contribution >= 0.6 is 0 Å². The smallest absolute Gasteiger partial charge is 0.159 e. The van der Waals surface area contributed by atoms with E-state index in [0.29, 0.717) is 6.61 Å². The van der Waals surface area contributed by atoms with Crippen LogP contribution in [0.15, 0.2) is 72.8 Å². The molecule has 0 saturated heterocycles. The van der Waals surface area contributed by atoms with Crippen molar-refractivity contribution in [2.45, 2.75) is 20.5 Å². The number of ether oxygens (including phenoxy) is 1. The lowest BCUT2D eigenvalue weighted by atomic mass is 10.0. The number of ketones is 1. The zero-order valence-corrected chi connectivity index (χ0v) is 14.0. The zero-order chi connectivity index (χ0) is 16.9. The summed E-state index contributed by atoms with van der Waals surface area (Å²) in [6, 6.07) is 24.0. The van der Waals surface area contributed by atoms with Gasteiger partial charge in [-0.25, -0.2) is 0 Å². The van der Waals surface area contributed by atoms with Gasteiger partial charge in [0, 0.05) is 5.56 Å². The van der Waals surface area contributed by atoms with Crippen LogP contribution in [0.25, 0.3) is 11.1 Å². The summed E-state index contributed by atoms with van der Waals surface area (Å²) in [5.41, 5.74) is 5.33. The van der Waals surface area contributed by atoms with Crippen molar-refractivity contribution >= 4 is 5.78 Å². The molecule has 0 aromatic heterocycles. The number of hydrogen-bond donors (Lipinski definition) is 0. The molecule has 0 aliphatic heterocycles. The Labute approximate surface area is 142 Å². The third kappa shape index (κ3) is 3.90. The maximum Gasteiger partial charge on any atom is 0.159 e. The predicted molar refractivity (Wildman–Crippen MR) is 97.4 cm³/mol. The maximum absolute atomic E-state index is 11.3. The molecule has 0 radical (unpaired) electrons. The fourth-order valence-electron chi connectivity index (χ4n) is 2.49.